The number of hydrogen-bond acceptors (Lipinski definition) is 3. The highest BCUT2D eigenvalue weighted by molar-refractivity contribution is 5.89. The van der Waals surface area contributed by atoms with E-state index in [4.69, 9.17) is 5.11 Å². The summed E-state index contributed by atoms with van der Waals surface area (Å²) in [5.74, 6) is 0.751. The molecule has 1 heterocycles. The van der Waals surface area contributed by atoms with Crippen molar-refractivity contribution in [2.24, 2.45) is 5.92 Å². The molecular formula is C15H23N3O2. The van der Waals surface area contributed by atoms with Crippen molar-refractivity contribution in [1.82, 2.24) is 4.90 Å². The fraction of sp³-hybridized carbons (Fsp3) is 0.533. The molecule has 0 saturated carbocycles. The minimum absolute atomic E-state index is 0.0317. The SMILES string of the molecule is C[C@@H]1CCN(c2ccc(NC(=O)N(C)CCO)cc2)C1. The van der Waals surface area contributed by atoms with Gasteiger partial charge in [-0.2, -0.15) is 0 Å². The van der Waals surface area contributed by atoms with Gasteiger partial charge in [-0.3, -0.25) is 0 Å². The highest BCUT2D eigenvalue weighted by atomic mass is 16.3. The highest BCUT2D eigenvalue weighted by Crippen LogP contribution is 2.24. The Morgan fingerprint density at radius 2 is 2.15 bits per heavy atom. The monoisotopic (exact) mass is 277 g/mol. The molecule has 2 amide bonds. The van der Waals surface area contributed by atoms with Crippen LogP contribution in [-0.4, -0.2) is 49.3 Å². The Morgan fingerprint density at radius 3 is 2.70 bits per heavy atom. The van der Waals surface area contributed by atoms with Crippen LogP contribution in [-0.2, 0) is 0 Å². The quantitative estimate of drug-likeness (QED) is 0.885. The number of aliphatic hydroxyl groups is 1. The first-order chi connectivity index (χ1) is 9.60. The van der Waals surface area contributed by atoms with Crippen molar-refractivity contribution in [2.45, 2.75) is 13.3 Å². The molecule has 2 N–H and O–H groups in total. The number of aliphatic hydroxyl groups excluding tert-OH is 1. The lowest BCUT2D eigenvalue weighted by atomic mass is 10.2. The van der Waals surface area contributed by atoms with Crippen LogP contribution in [0.3, 0.4) is 0 Å². The molecule has 1 aromatic rings. The lowest BCUT2D eigenvalue weighted by molar-refractivity contribution is 0.202. The van der Waals surface area contributed by atoms with Gasteiger partial charge in [0.25, 0.3) is 0 Å². The zero-order chi connectivity index (χ0) is 14.5. The van der Waals surface area contributed by atoms with Crippen LogP contribution < -0.4 is 10.2 Å². The van der Waals surface area contributed by atoms with Gasteiger partial charge in [0.15, 0.2) is 0 Å². The molecule has 1 aliphatic heterocycles. The van der Waals surface area contributed by atoms with Gasteiger partial charge >= 0.3 is 6.03 Å². The van der Waals surface area contributed by atoms with E-state index in [2.05, 4.69) is 17.1 Å². The number of amides is 2. The lowest BCUT2D eigenvalue weighted by Crippen LogP contribution is -2.33. The van der Waals surface area contributed by atoms with E-state index in [1.165, 1.54) is 17.0 Å². The molecule has 1 aromatic carbocycles. The van der Waals surface area contributed by atoms with E-state index >= 15 is 0 Å². The molecule has 110 valence electrons. The number of urea groups is 1. The van der Waals surface area contributed by atoms with Crippen molar-refractivity contribution in [3.8, 4) is 0 Å². The molecule has 1 saturated heterocycles. The third-order valence-electron chi connectivity index (χ3n) is 3.69. The summed E-state index contributed by atoms with van der Waals surface area (Å²) in [6.07, 6.45) is 1.24. The fourth-order valence-corrected chi connectivity index (χ4v) is 2.40. The molecule has 0 aliphatic carbocycles. The molecule has 1 atom stereocenters. The molecule has 0 unspecified atom stereocenters. The van der Waals surface area contributed by atoms with Gasteiger partial charge in [0.05, 0.1) is 6.61 Å². The van der Waals surface area contributed by atoms with E-state index in [1.807, 2.05) is 24.3 Å². The van der Waals surface area contributed by atoms with Gasteiger partial charge in [-0.15, -0.1) is 0 Å². The average Bonchev–Trinajstić information content (AvgIpc) is 2.86. The standard InChI is InChI=1S/C15H23N3O2/c1-12-7-8-18(11-12)14-5-3-13(4-6-14)16-15(20)17(2)9-10-19/h3-6,12,19H,7-11H2,1-2H3,(H,16,20)/t12-/m1/s1. The van der Waals surface area contributed by atoms with E-state index in [0.29, 0.717) is 6.54 Å². The second kappa shape index (κ2) is 6.61. The first-order valence-electron chi connectivity index (χ1n) is 7.08. The minimum Gasteiger partial charge on any atom is -0.395 e. The Balaban J connectivity index is 1.93. The average molecular weight is 277 g/mol. The van der Waals surface area contributed by atoms with Crippen LogP contribution in [0.2, 0.25) is 0 Å². The first-order valence-corrected chi connectivity index (χ1v) is 7.08. The Morgan fingerprint density at radius 1 is 1.45 bits per heavy atom. The Hall–Kier alpha value is -1.75. The molecule has 5 heteroatoms. The molecule has 20 heavy (non-hydrogen) atoms. The van der Waals surface area contributed by atoms with Crippen LogP contribution >= 0.6 is 0 Å². The molecule has 0 radical (unpaired) electrons. The summed E-state index contributed by atoms with van der Waals surface area (Å²) < 4.78 is 0. The number of carbonyl (C=O) groups is 1. The van der Waals surface area contributed by atoms with E-state index in [9.17, 15) is 4.79 Å². The van der Waals surface area contributed by atoms with Gasteiger partial charge in [0.2, 0.25) is 0 Å². The van der Waals surface area contributed by atoms with Crippen LogP contribution in [0.25, 0.3) is 0 Å². The van der Waals surface area contributed by atoms with Gasteiger partial charge in [-0.25, -0.2) is 4.79 Å². The number of rotatable bonds is 4. The van der Waals surface area contributed by atoms with Gasteiger partial charge in [-0.05, 0) is 36.6 Å². The smallest absolute Gasteiger partial charge is 0.321 e. The zero-order valence-corrected chi connectivity index (χ0v) is 12.2. The molecular weight excluding hydrogens is 254 g/mol. The summed E-state index contributed by atoms with van der Waals surface area (Å²) in [5.41, 5.74) is 1.98. The van der Waals surface area contributed by atoms with Crippen LogP contribution in [0.4, 0.5) is 16.2 Å². The summed E-state index contributed by atoms with van der Waals surface area (Å²) in [7, 11) is 1.66. The van der Waals surface area contributed by atoms with Crippen LogP contribution in [0.5, 0.6) is 0 Å². The molecule has 0 spiro atoms. The van der Waals surface area contributed by atoms with E-state index in [-0.39, 0.29) is 12.6 Å². The summed E-state index contributed by atoms with van der Waals surface area (Å²) in [5, 5.41) is 11.6. The fourth-order valence-electron chi connectivity index (χ4n) is 2.40. The Bertz CT molecular complexity index is 447. The van der Waals surface area contributed by atoms with Crippen LogP contribution in [0.1, 0.15) is 13.3 Å². The van der Waals surface area contributed by atoms with E-state index in [1.54, 1.807) is 7.05 Å². The second-order valence-corrected chi connectivity index (χ2v) is 5.46. The number of carbonyl (C=O) groups excluding carboxylic acids is 1. The minimum atomic E-state index is -0.207. The topological polar surface area (TPSA) is 55.8 Å². The summed E-state index contributed by atoms with van der Waals surface area (Å²) in [6.45, 7) is 4.77. The van der Waals surface area contributed by atoms with Crippen molar-refractivity contribution < 1.29 is 9.90 Å². The largest absolute Gasteiger partial charge is 0.395 e. The Labute approximate surface area is 120 Å². The van der Waals surface area contributed by atoms with Gasteiger partial charge in [-0.1, -0.05) is 6.92 Å². The maximum Gasteiger partial charge on any atom is 0.321 e. The van der Waals surface area contributed by atoms with Gasteiger partial charge in [0, 0.05) is 38.1 Å². The van der Waals surface area contributed by atoms with Gasteiger partial charge < -0.3 is 20.2 Å². The molecule has 0 bridgehead atoms. The normalized spacial score (nSPS) is 18.1. The summed E-state index contributed by atoms with van der Waals surface area (Å²) in [6, 6.07) is 7.72. The maximum atomic E-state index is 11.8. The first kappa shape index (κ1) is 14.7. The molecule has 1 aliphatic rings. The van der Waals surface area contributed by atoms with Crippen molar-refractivity contribution in [1.29, 1.82) is 0 Å². The second-order valence-electron chi connectivity index (χ2n) is 5.46. The third kappa shape index (κ3) is 3.63. The number of benzene rings is 1. The predicted molar refractivity (Wildman–Crippen MR) is 81.2 cm³/mol. The zero-order valence-electron chi connectivity index (χ0n) is 12.2. The summed E-state index contributed by atoms with van der Waals surface area (Å²) >= 11 is 0. The van der Waals surface area contributed by atoms with E-state index < -0.39 is 0 Å². The number of nitrogens with zero attached hydrogens (tertiary/aromatic N) is 2. The Kier molecular flexibility index (Phi) is 4.84. The van der Waals surface area contributed by atoms with Crippen molar-refractivity contribution >= 4 is 17.4 Å². The predicted octanol–water partition coefficient (Wildman–Crippen LogP) is 1.99. The molecule has 5 nitrogen and oxygen atoms in total. The van der Waals surface area contributed by atoms with Crippen molar-refractivity contribution in [3.63, 3.8) is 0 Å². The maximum absolute atomic E-state index is 11.8. The van der Waals surface area contributed by atoms with Crippen LogP contribution in [0, 0.1) is 5.92 Å². The number of hydrogen-bond donors (Lipinski definition) is 2. The van der Waals surface area contributed by atoms with Crippen molar-refractivity contribution in [2.75, 3.05) is 43.5 Å². The van der Waals surface area contributed by atoms with Gasteiger partial charge in [0.1, 0.15) is 0 Å². The van der Waals surface area contributed by atoms with Crippen LogP contribution in [0.15, 0.2) is 24.3 Å². The van der Waals surface area contributed by atoms with Crippen molar-refractivity contribution in [3.05, 3.63) is 24.3 Å². The van der Waals surface area contributed by atoms with E-state index in [0.717, 1.165) is 24.7 Å². The molecule has 1 fully saturated rings. The number of anilines is 2. The number of likely N-dealkylation sites (N-methyl/N-ethyl adjacent to an activating group) is 1. The summed E-state index contributed by atoms with van der Waals surface area (Å²) in [4.78, 5) is 15.6. The highest BCUT2D eigenvalue weighted by Gasteiger charge is 2.18. The molecule has 0 aromatic heterocycles. The molecule has 2 rings (SSSR count). The number of nitrogens with one attached hydrogen (secondary N) is 1. The third-order valence-corrected chi connectivity index (χ3v) is 3.69. The lowest BCUT2D eigenvalue weighted by Gasteiger charge is -2.19.